The van der Waals surface area contributed by atoms with E-state index in [1.54, 1.807) is 20.4 Å². The maximum Gasteiger partial charge on any atom is 0.263 e. The van der Waals surface area contributed by atoms with Gasteiger partial charge in [0, 0.05) is 44.0 Å². The molecule has 1 aliphatic heterocycles. The Bertz CT molecular complexity index is 1160. The van der Waals surface area contributed by atoms with Gasteiger partial charge in [-0.05, 0) is 42.9 Å². The minimum absolute atomic E-state index is 0.00631. The molecule has 4 rings (SSSR count). The second kappa shape index (κ2) is 10.2. The molecule has 2 aliphatic rings. The van der Waals surface area contributed by atoms with Gasteiger partial charge in [-0.1, -0.05) is 6.42 Å². The monoisotopic (exact) mass is 469 g/mol. The first-order chi connectivity index (χ1) is 16.5. The van der Waals surface area contributed by atoms with Crippen LogP contribution >= 0.6 is 0 Å². The number of amides is 1. The molecule has 0 spiro atoms. The van der Waals surface area contributed by atoms with Gasteiger partial charge in [0.15, 0.2) is 16.9 Å². The molecule has 5 N–H and O–H groups in total. The van der Waals surface area contributed by atoms with E-state index in [1.807, 2.05) is 12.1 Å². The zero-order valence-electron chi connectivity index (χ0n) is 19.5. The number of hydrogen-bond acceptors (Lipinski definition) is 7. The molecule has 0 saturated heterocycles. The SMILES string of the molecule is COCCCOc1cc2c(cc1OC)-c1cc(=O)c(C(=O)NC(N)=NN)cn1C(C1CCC1)C2. The van der Waals surface area contributed by atoms with Gasteiger partial charge in [-0.25, -0.2) is 0 Å². The van der Waals surface area contributed by atoms with Crippen LogP contribution < -0.4 is 31.8 Å². The molecule has 2 heterocycles. The van der Waals surface area contributed by atoms with E-state index >= 15 is 0 Å². The fraction of sp³-hybridized carbons (Fsp3) is 0.458. The summed E-state index contributed by atoms with van der Waals surface area (Å²) in [6.07, 6.45) is 6.56. The number of nitrogens with zero attached hydrogens (tertiary/aromatic N) is 2. The zero-order chi connectivity index (χ0) is 24.2. The highest BCUT2D eigenvalue weighted by atomic mass is 16.5. The lowest BCUT2D eigenvalue weighted by Crippen LogP contribution is -2.40. The van der Waals surface area contributed by atoms with Gasteiger partial charge in [-0.3, -0.25) is 14.9 Å². The van der Waals surface area contributed by atoms with Gasteiger partial charge in [0.25, 0.3) is 5.91 Å². The highest BCUT2D eigenvalue weighted by Crippen LogP contribution is 2.46. The maximum absolute atomic E-state index is 12.9. The quantitative estimate of drug-likeness (QED) is 0.176. The number of pyridine rings is 1. The number of fused-ring (bicyclic) bond motifs is 3. The Hall–Kier alpha value is -3.53. The normalized spacial score (nSPS) is 17.4. The first kappa shape index (κ1) is 23.6. The number of aromatic nitrogens is 1. The van der Waals surface area contributed by atoms with Crippen molar-refractivity contribution in [2.24, 2.45) is 22.6 Å². The van der Waals surface area contributed by atoms with E-state index < -0.39 is 11.3 Å². The van der Waals surface area contributed by atoms with Gasteiger partial charge in [-0.15, -0.1) is 5.10 Å². The van der Waals surface area contributed by atoms with Gasteiger partial charge < -0.3 is 30.4 Å². The van der Waals surface area contributed by atoms with E-state index in [0.29, 0.717) is 30.6 Å². The van der Waals surface area contributed by atoms with Crippen molar-refractivity contribution in [1.29, 1.82) is 0 Å². The van der Waals surface area contributed by atoms with Crippen LogP contribution in [0.5, 0.6) is 11.5 Å². The summed E-state index contributed by atoms with van der Waals surface area (Å²) in [6.45, 7) is 1.13. The van der Waals surface area contributed by atoms with Crippen molar-refractivity contribution in [3.8, 4) is 22.8 Å². The molecule has 182 valence electrons. The van der Waals surface area contributed by atoms with Crippen LogP contribution in [0, 0.1) is 5.92 Å². The van der Waals surface area contributed by atoms with Gasteiger partial charge in [0.05, 0.1) is 19.4 Å². The molecule has 2 aromatic rings. The average Bonchev–Trinajstić information content (AvgIpc) is 2.79. The molecule has 1 aliphatic carbocycles. The van der Waals surface area contributed by atoms with Crippen LogP contribution in [0.1, 0.15) is 47.6 Å². The van der Waals surface area contributed by atoms with E-state index in [2.05, 4.69) is 15.0 Å². The van der Waals surface area contributed by atoms with Crippen LogP contribution in [-0.2, 0) is 11.2 Å². The van der Waals surface area contributed by atoms with E-state index in [4.69, 9.17) is 25.8 Å². The Labute approximate surface area is 197 Å². The number of hydrazone groups is 1. The second-order valence-corrected chi connectivity index (χ2v) is 8.63. The molecule has 1 unspecified atom stereocenters. The van der Waals surface area contributed by atoms with Crippen molar-refractivity contribution in [3.05, 3.63) is 45.7 Å². The molecule has 1 atom stereocenters. The number of rotatable bonds is 8. The zero-order valence-corrected chi connectivity index (χ0v) is 19.5. The van der Waals surface area contributed by atoms with Crippen molar-refractivity contribution in [2.45, 2.75) is 38.1 Å². The number of methoxy groups -OCH3 is 2. The van der Waals surface area contributed by atoms with Crippen LogP contribution in [-0.4, -0.2) is 43.9 Å². The summed E-state index contributed by atoms with van der Waals surface area (Å²) in [5.74, 6) is 5.95. The summed E-state index contributed by atoms with van der Waals surface area (Å²) in [7, 11) is 3.25. The van der Waals surface area contributed by atoms with Crippen molar-refractivity contribution in [3.63, 3.8) is 0 Å². The molecule has 1 aromatic carbocycles. The summed E-state index contributed by atoms with van der Waals surface area (Å²) in [4.78, 5) is 25.6. The number of nitrogens with one attached hydrogen (secondary N) is 1. The minimum Gasteiger partial charge on any atom is -0.493 e. The summed E-state index contributed by atoms with van der Waals surface area (Å²) >= 11 is 0. The number of nitrogens with two attached hydrogens (primary N) is 2. The lowest BCUT2D eigenvalue weighted by molar-refractivity contribution is 0.0974. The summed E-state index contributed by atoms with van der Waals surface area (Å²) in [5.41, 5.74) is 7.84. The minimum atomic E-state index is -0.637. The number of ether oxygens (including phenoxy) is 3. The van der Waals surface area contributed by atoms with Crippen molar-refractivity contribution in [1.82, 2.24) is 9.88 Å². The summed E-state index contributed by atoms with van der Waals surface area (Å²) < 4.78 is 18.7. The Morgan fingerprint density at radius 3 is 2.65 bits per heavy atom. The van der Waals surface area contributed by atoms with Crippen molar-refractivity contribution < 1.29 is 19.0 Å². The molecule has 1 saturated carbocycles. The smallest absolute Gasteiger partial charge is 0.263 e. The molecule has 10 heteroatoms. The number of benzene rings is 1. The van der Waals surface area contributed by atoms with Crippen LogP contribution in [0.3, 0.4) is 0 Å². The summed E-state index contributed by atoms with van der Waals surface area (Å²) in [5, 5.41) is 5.59. The van der Waals surface area contributed by atoms with Gasteiger partial charge in [0.1, 0.15) is 5.56 Å². The Balaban J connectivity index is 1.76. The highest BCUT2D eigenvalue weighted by molar-refractivity contribution is 6.05. The standard InChI is InChI=1S/C24H31N5O5/c1-32-7-4-8-34-22-10-15-9-18(14-5-3-6-14)29-13-17(23(31)27-24(25)28-26)20(30)12-19(29)16(15)11-21(22)33-2/h10-14,18H,3-9,26H2,1-2H3,(H3,25,27,28,31). The van der Waals surface area contributed by atoms with Gasteiger partial charge in [0.2, 0.25) is 5.96 Å². The lowest BCUT2D eigenvalue weighted by atomic mass is 9.75. The molecule has 1 amide bonds. The molecule has 1 aromatic heterocycles. The van der Waals surface area contributed by atoms with Crippen molar-refractivity contribution in [2.75, 3.05) is 27.4 Å². The number of guanidine groups is 1. The molecule has 0 bridgehead atoms. The largest absolute Gasteiger partial charge is 0.493 e. The predicted molar refractivity (Wildman–Crippen MR) is 128 cm³/mol. The Morgan fingerprint density at radius 2 is 2.00 bits per heavy atom. The van der Waals surface area contributed by atoms with Gasteiger partial charge >= 0.3 is 0 Å². The Kier molecular flexibility index (Phi) is 7.06. The molecule has 1 fully saturated rings. The first-order valence-electron chi connectivity index (χ1n) is 11.4. The van der Waals surface area contributed by atoms with Crippen LogP contribution in [0.15, 0.2) is 34.3 Å². The third-order valence-electron chi connectivity index (χ3n) is 6.60. The predicted octanol–water partition coefficient (Wildman–Crippen LogP) is 1.75. The summed E-state index contributed by atoms with van der Waals surface area (Å²) in [6, 6.07) is 5.55. The topological polar surface area (TPSA) is 143 Å². The van der Waals surface area contributed by atoms with E-state index in [1.165, 1.54) is 12.5 Å². The highest BCUT2D eigenvalue weighted by Gasteiger charge is 2.35. The van der Waals surface area contributed by atoms with Crippen LogP contribution in [0.2, 0.25) is 0 Å². The lowest BCUT2D eigenvalue weighted by Gasteiger charge is -2.40. The molecule has 34 heavy (non-hydrogen) atoms. The third-order valence-corrected chi connectivity index (χ3v) is 6.60. The van der Waals surface area contributed by atoms with E-state index in [-0.39, 0.29) is 17.6 Å². The first-order valence-corrected chi connectivity index (χ1v) is 11.4. The number of hydrogen-bond donors (Lipinski definition) is 3. The second-order valence-electron chi connectivity index (χ2n) is 8.63. The number of carbonyl (C=O) groups excluding carboxylic acids is 1. The van der Waals surface area contributed by atoms with Gasteiger partial charge in [-0.2, -0.15) is 0 Å². The maximum atomic E-state index is 12.9. The van der Waals surface area contributed by atoms with Crippen molar-refractivity contribution >= 4 is 11.9 Å². The fourth-order valence-electron chi connectivity index (χ4n) is 4.64. The third kappa shape index (κ3) is 4.58. The fourth-order valence-corrected chi connectivity index (χ4v) is 4.64. The molecular formula is C24H31N5O5. The van der Waals surface area contributed by atoms with E-state index in [0.717, 1.165) is 42.5 Å². The van der Waals surface area contributed by atoms with E-state index in [9.17, 15) is 9.59 Å². The number of carbonyl (C=O) groups is 1. The van der Waals surface area contributed by atoms with Crippen LogP contribution in [0.4, 0.5) is 0 Å². The van der Waals surface area contributed by atoms with Crippen LogP contribution in [0.25, 0.3) is 11.3 Å². The average molecular weight is 470 g/mol. The molecular weight excluding hydrogens is 438 g/mol. The Morgan fingerprint density at radius 1 is 1.21 bits per heavy atom. The molecule has 10 nitrogen and oxygen atoms in total. The molecule has 0 radical (unpaired) electrons.